The summed E-state index contributed by atoms with van der Waals surface area (Å²) >= 11 is 0. The zero-order valence-corrected chi connectivity index (χ0v) is 12.7. The lowest BCUT2D eigenvalue weighted by Gasteiger charge is -2.15. The normalized spacial score (nSPS) is 14.1. The fourth-order valence-electron chi connectivity index (χ4n) is 2.66. The van der Waals surface area contributed by atoms with E-state index in [4.69, 9.17) is 5.11 Å². The second-order valence-corrected chi connectivity index (χ2v) is 5.51. The molecule has 2 aromatic carbocycles. The third-order valence-corrected chi connectivity index (χ3v) is 3.88. The maximum Gasteiger partial charge on any atom is 0.255 e. The van der Waals surface area contributed by atoms with Gasteiger partial charge in [-0.05, 0) is 48.4 Å². The molecule has 0 unspecified atom stereocenters. The highest BCUT2D eigenvalue weighted by Crippen LogP contribution is 2.22. The molecule has 23 heavy (non-hydrogen) atoms. The lowest BCUT2D eigenvalue weighted by Crippen LogP contribution is -2.23. The Morgan fingerprint density at radius 3 is 2.61 bits per heavy atom. The fourth-order valence-corrected chi connectivity index (χ4v) is 2.66. The Hall–Kier alpha value is -2.66. The molecule has 5 nitrogen and oxygen atoms in total. The first-order chi connectivity index (χ1) is 11.2. The van der Waals surface area contributed by atoms with E-state index in [1.54, 1.807) is 53.4 Å². The maximum atomic E-state index is 12.3. The number of aliphatic hydroxyl groups excluding tert-OH is 1. The van der Waals surface area contributed by atoms with Crippen LogP contribution in [0, 0.1) is 0 Å². The number of carbonyl (C=O) groups is 2. The summed E-state index contributed by atoms with van der Waals surface area (Å²) in [6, 6.07) is 14.1. The molecule has 0 spiro atoms. The molecular weight excluding hydrogens is 292 g/mol. The summed E-state index contributed by atoms with van der Waals surface area (Å²) in [4.78, 5) is 25.7. The molecule has 0 atom stereocenters. The first-order valence-corrected chi connectivity index (χ1v) is 7.59. The topological polar surface area (TPSA) is 69.6 Å². The van der Waals surface area contributed by atoms with Gasteiger partial charge >= 0.3 is 0 Å². The van der Waals surface area contributed by atoms with Crippen molar-refractivity contribution in [1.29, 1.82) is 0 Å². The van der Waals surface area contributed by atoms with Gasteiger partial charge in [-0.3, -0.25) is 9.59 Å². The van der Waals surface area contributed by atoms with Crippen LogP contribution in [-0.2, 0) is 11.4 Å². The van der Waals surface area contributed by atoms with Crippen LogP contribution in [0.3, 0.4) is 0 Å². The zero-order chi connectivity index (χ0) is 16.2. The van der Waals surface area contributed by atoms with Crippen LogP contribution in [0.2, 0.25) is 0 Å². The van der Waals surface area contributed by atoms with Crippen molar-refractivity contribution in [3.05, 3.63) is 59.7 Å². The molecule has 1 heterocycles. The van der Waals surface area contributed by atoms with Gasteiger partial charge < -0.3 is 15.3 Å². The summed E-state index contributed by atoms with van der Waals surface area (Å²) in [5.41, 5.74) is 2.73. The van der Waals surface area contributed by atoms with Gasteiger partial charge in [-0.1, -0.05) is 12.1 Å². The van der Waals surface area contributed by atoms with Gasteiger partial charge in [-0.25, -0.2) is 0 Å². The molecule has 0 aromatic heterocycles. The fraction of sp³-hybridized carbons (Fsp3) is 0.222. The summed E-state index contributed by atoms with van der Waals surface area (Å²) in [5.74, 6) is -0.0950. The number of carbonyl (C=O) groups excluding carboxylic acids is 2. The second-order valence-electron chi connectivity index (χ2n) is 5.51. The van der Waals surface area contributed by atoms with Crippen molar-refractivity contribution >= 4 is 23.2 Å². The van der Waals surface area contributed by atoms with Crippen molar-refractivity contribution < 1.29 is 14.7 Å². The average molecular weight is 310 g/mol. The molecule has 0 saturated carbocycles. The minimum absolute atomic E-state index is 0.0672. The zero-order valence-electron chi connectivity index (χ0n) is 12.7. The quantitative estimate of drug-likeness (QED) is 0.912. The minimum Gasteiger partial charge on any atom is -0.392 e. The smallest absolute Gasteiger partial charge is 0.255 e. The molecule has 0 aliphatic carbocycles. The van der Waals surface area contributed by atoms with Gasteiger partial charge in [0.1, 0.15) is 0 Å². The Morgan fingerprint density at radius 2 is 1.96 bits per heavy atom. The molecule has 1 saturated heterocycles. The highest BCUT2D eigenvalue weighted by molar-refractivity contribution is 6.04. The van der Waals surface area contributed by atoms with E-state index in [1.165, 1.54) is 0 Å². The third kappa shape index (κ3) is 3.40. The molecule has 118 valence electrons. The van der Waals surface area contributed by atoms with E-state index < -0.39 is 0 Å². The summed E-state index contributed by atoms with van der Waals surface area (Å²) in [6.07, 6.45) is 1.46. The van der Waals surface area contributed by atoms with Gasteiger partial charge in [-0.15, -0.1) is 0 Å². The lowest BCUT2D eigenvalue weighted by atomic mass is 10.1. The van der Waals surface area contributed by atoms with E-state index in [0.29, 0.717) is 17.7 Å². The minimum atomic E-state index is -0.223. The molecule has 0 bridgehead atoms. The van der Waals surface area contributed by atoms with Gasteiger partial charge in [-0.2, -0.15) is 0 Å². The van der Waals surface area contributed by atoms with Crippen molar-refractivity contribution in [2.24, 2.45) is 0 Å². The van der Waals surface area contributed by atoms with Gasteiger partial charge in [0, 0.05) is 29.9 Å². The molecule has 2 amide bonds. The highest BCUT2D eigenvalue weighted by atomic mass is 16.3. The Labute approximate surface area is 134 Å². The summed E-state index contributed by atoms with van der Waals surface area (Å²) in [7, 11) is 0. The largest absolute Gasteiger partial charge is 0.392 e. The standard InChI is InChI=1S/C18H18N2O3/c21-12-13-3-1-4-15(11-13)19-18(23)14-6-8-16(9-7-14)20-10-2-5-17(20)22/h1,3-4,6-9,11,21H,2,5,10,12H2,(H,19,23). The first-order valence-electron chi connectivity index (χ1n) is 7.59. The number of hydrogen-bond acceptors (Lipinski definition) is 3. The predicted octanol–water partition coefficient (Wildman–Crippen LogP) is 2.56. The Morgan fingerprint density at radius 1 is 1.17 bits per heavy atom. The van der Waals surface area contributed by atoms with Crippen LogP contribution in [0.25, 0.3) is 0 Å². The molecule has 3 rings (SSSR count). The van der Waals surface area contributed by atoms with Crippen LogP contribution in [0.1, 0.15) is 28.8 Å². The van der Waals surface area contributed by atoms with E-state index >= 15 is 0 Å². The predicted molar refractivity (Wildman–Crippen MR) is 88.3 cm³/mol. The van der Waals surface area contributed by atoms with Gasteiger partial charge in [0.2, 0.25) is 5.91 Å². The van der Waals surface area contributed by atoms with Crippen LogP contribution in [0.15, 0.2) is 48.5 Å². The van der Waals surface area contributed by atoms with E-state index in [0.717, 1.165) is 24.2 Å². The summed E-state index contributed by atoms with van der Waals surface area (Å²) in [6.45, 7) is 0.667. The van der Waals surface area contributed by atoms with Crippen LogP contribution >= 0.6 is 0 Å². The number of rotatable bonds is 4. The number of benzene rings is 2. The van der Waals surface area contributed by atoms with Gasteiger partial charge in [0.15, 0.2) is 0 Å². The summed E-state index contributed by atoms with van der Waals surface area (Å²) < 4.78 is 0. The second kappa shape index (κ2) is 6.62. The molecule has 2 N–H and O–H groups in total. The van der Waals surface area contributed by atoms with Crippen molar-refractivity contribution in [1.82, 2.24) is 0 Å². The molecule has 1 fully saturated rings. The Bertz CT molecular complexity index is 725. The number of nitrogens with zero attached hydrogens (tertiary/aromatic N) is 1. The van der Waals surface area contributed by atoms with Crippen molar-refractivity contribution in [2.75, 3.05) is 16.8 Å². The van der Waals surface area contributed by atoms with Crippen LogP contribution in [-0.4, -0.2) is 23.5 Å². The molecule has 5 heteroatoms. The maximum absolute atomic E-state index is 12.3. The van der Waals surface area contributed by atoms with Crippen molar-refractivity contribution in [2.45, 2.75) is 19.4 Å². The van der Waals surface area contributed by atoms with E-state index in [2.05, 4.69) is 5.32 Å². The van der Waals surface area contributed by atoms with Crippen molar-refractivity contribution in [3.63, 3.8) is 0 Å². The molecule has 1 aliphatic heterocycles. The SMILES string of the molecule is O=C(Nc1cccc(CO)c1)c1ccc(N2CCCC2=O)cc1. The van der Waals surface area contributed by atoms with Crippen molar-refractivity contribution in [3.8, 4) is 0 Å². The van der Waals surface area contributed by atoms with Crippen LogP contribution in [0.5, 0.6) is 0 Å². The first kappa shape index (κ1) is 15.2. The Balaban J connectivity index is 1.71. The number of amides is 2. The average Bonchev–Trinajstić information content (AvgIpc) is 3.01. The Kier molecular flexibility index (Phi) is 4.39. The van der Waals surface area contributed by atoms with Crippen LogP contribution in [0.4, 0.5) is 11.4 Å². The number of hydrogen-bond donors (Lipinski definition) is 2. The highest BCUT2D eigenvalue weighted by Gasteiger charge is 2.21. The molecular formula is C18H18N2O3. The van der Waals surface area contributed by atoms with E-state index in [1.807, 2.05) is 0 Å². The molecule has 0 radical (unpaired) electrons. The number of nitrogens with one attached hydrogen (secondary N) is 1. The lowest BCUT2D eigenvalue weighted by molar-refractivity contribution is -0.117. The third-order valence-electron chi connectivity index (χ3n) is 3.88. The molecule has 2 aromatic rings. The monoisotopic (exact) mass is 310 g/mol. The van der Waals surface area contributed by atoms with Gasteiger partial charge in [0.25, 0.3) is 5.91 Å². The number of aliphatic hydroxyl groups is 1. The molecule has 1 aliphatic rings. The number of anilines is 2. The van der Waals surface area contributed by atoms with Gasteiger partial charge in [0.05, 0.1) is 6.61 Å². The van der Waals surface area contributed by atoms with E-state index in [-0.39, 0.29) is 18.4 Å². The summed E-state index contributed by atoms with van der Waals surface area (Å²) in [5, 5.41) is 11.9. The van der Waals surface area contributed by atoms with E-state index in [9.17, 15) is 9.59 Å². The van der Waals surface area contributed by atoms with Crippen LogP contribution < -0.4 is 10.2 Å².